The van der Waals surface area contributed by atoms with Gasteiger partial charge < -0.3 is 24.8 Å². The van der Waals surface area contributed by atoms with Gasteiger partial charge in [-0.15, -0.1) is 0 Å². The van der Waals surface area contributed by atoms with Gasteiger partial charge in [-0.2, -0.15) is 0 Å². The summed E-state index contributed by atoms with van der Waals surface area (Å²) < 4.78 is 11.5. The minimum Gasteiger partial charge on any atom is -0.489 e. The highest BCUT2D eigenvalue weighted by Gasteiger charge is 2.37. The molecule has 1 aliphatic rings. The third kappa shape index (κ3) is 3.94. The van der Waals surface area contributed by atoms with Gasteiger partial charge >= 0.3 is 0 Å². The van der Waals surface area contributed by atoms with E-state index in [0.29, 0.717) is 17.9 Å². The van der Waals surface area contributed by atoms with E-state index in [1.165, 1.54) is 0 Å². The fraction of sp³-hybridized carbons (Fsp3) is 0.368. The predicted molar refractivity (Wildman–Crippen MR) is 88.5 cm³/mol. The summed E-state index contributed by atoms with van der Waals surface area (Å²) in [6, 6.07) is 17.1. The lowest BCUT2D eigenvalue weighted by molar-refractivity contribution is -0.179. The Morgan fingerprint density at radius 3 is 2.58 bits per heavy atom. The molecule has 2 aromatic rings. The molecule has 4 atom stereocenters. The van der Waals surface area contributed by atoms with E-state index >= 15 is 0 Å². The second-order valence-corrected chi connectivity index (χ2v) is 6.00. The maximum atomic E-state index is 10.2. The van der Waals surface area contributed by atoms with Crippen LogP contribution in [0.1, 0.15) is 23.7 Å². The SMILES string of the molecule is OCC1CC(O)C(O)[C@@H](c2cccc(OCc3ccccc3)c2)O1. The zero-order chi connectivity index (χ0) is 16.9. The molecule has 1 saturated heterocycles. The van der Waals surface area contributed by atoms with Crippen molar-refractivity contribution in [2.45, 2.75) is 37.4 Å². The number of aliphatic hydroxyl groups excluding tert-OH is 3. The molecule has 2 aromatic carbocycles. The van der Waals surface area contributed by atoms with Crippen molar-refractivity contribution < 1.29 is 24.8 Å². The highest BCUT2D eigenvalue weighted by atomic mass is 16.5. The lowest BCUT2D eigenvalue weighted by Gasteiger charge is -2.36. The largest absolute Gasteiger partial charge is 0.489 e. The van der Waals surface area contributed by atoms with E-state index in [9.17, 15) is 15.3 Å². The summed E-state index contributed by atoms with van der Waals surface area (Å²) in [4.78, 5) is 0. The molecule has 1 fully saturated rings. The van der Waals surface area contributed by atoms with E-state index in [2.05, 4.69) is 0 Å². The van der Waals surface area contributed by atoms with Crippen molar-refractivity contribution in [1.29, 1.82) is 0 Å². The molecule has 128 valence electrons. The molecule has 0 spiro atoms. The molecule has 3 N–H and O–H groups in total. The summed E-state index contributed by atoms with van der Waals surface area (Å²) in [5, 5.41) is 29.4. The van der Waals surface area contributed by atoms with Gasteiger partial charge in [-0.25, -0.2) is 0 Å². The quantitative estimate of drug-likeness (QED) is 0.779. The predicted octanol–water partition coefficient (Wildman–Crippen LogP) is 1.81. The van der Waals surface area contributed by atoms with Gasteiger partial charge in [0.1, 0.15) is 24.6 Å². The van der Waals surface area contributed by atoms with Gasteiger partial charge in [0.15, 0.2) is 0 Å². The Morgan fingerprint density at radius 1 is 1.04 bits per heavy atom. The van der Waals surface area contributed by atoms with Crippen molar-refractivity contribution in [2.75, 3.05) is 6.61 Å². The van der Waals surface area contributed by atoms with Crippen molar-refractivity contribution in [3.8, 4) is 5.75 Å². The number of benzene rings is 2. The molecule has 5 heteroatoms. The van der Waals surface area contributed by atoms with Crippen molar-refractivity contribution in [3.63, 3.8) is 0 Å². The number of hydrogen-bond donors (Lipinski definition) is 3. The van der Waals surface area contributed by atoms with Crippen molar-refractivity contribution in [1.82, 2.24) is 0 Å². The van der Waals surface area contributed by atoms with E-state index in [-0.39, 0.29) is 13.0 Å². The number of ether oxygens (including phenoxy) is 2. The first-order valence-corrected chi connectivity index (χ1v) is 8.06. The van der Waals surface area contributed by atoms with Gasteiger partial charge in [-0.05, 0) is 23.3 Å². The first kappa shape index (κ1) is 16.9. The topological polar surface area (TPSA) is 79.2 Å². The van der Waals surface area contributed by atoms with Gasteiger partial charge in [0.05, 0.1) is 18.8 Å². The Hall–Kier alpha value is -1.92. The molecule has 1 heterocycles. The first-order valence-electron chi connectivity index (χ1n) is 8.06. The average molecular weight is 330 g/mol. The molecule has 5 nitrogen and oxygen atoms in total. The van der Waals surface area contributed by atoms with Crippen LogP contribution in [-0.2, 0) is 11.3 Å². The molecule has 3 rings (SSSR count). The lowest BCUT2D eigenvalue weighted by Crippen LogP contribution is -2.44. The smallest absolute Gasteiger partial charge is 0.120 e. The Morgan fingerprint density at radius 2 is 1.83 bits per heavy atom. The van der Waals surface area contributed by atoms with Crippen molar-refractivity contribution in [2.24, 2.45) is 0 Å². The van der Waals surface area contributed by atoms with Crippen LogP contribution in [0.15, 0.2) is 54.6 Å². The number of rotatable bonds is 5. The maximum absolute atomic E-state index is 10.2. The lowest BCUT2D eigenvalue weighted by atomic mass is 9.93. The second-order valence-electron chi connectivity index (χ2n) is 6.00. The van der Waals surface area contributed by atoms with Gasteiger partial charge in [-0.3, -0.25) is 0 Å². The van der Waals surface area contributed by atoms with Crippen LogP contribution in [0, 0.1) is 0 Å². The van der Waals surface area contributed by atoms with Gasteiger partial charge in [0, 0.05) is 6.42 Å². The molecular weight excluding hydrogens is 308 g/mol. The summed E-state index contributed by atoms with van der Waals surface area (Å²) in [7, 11) is 0. The molecule has 0 aliphatic carbocycles. The van der Waals surface area contributed by atoms with Crippen LogP contribution in [-0.4, -0.2) is 40.2 Å². The summed E-state index contributed by atoms with van der Waals surface area (Å²) in [6.45, 7) is 0.255. The van der Waals surface area contributed by atoms with Crippen LogP contribution < -0.4 is 4.74 Å². The molecular formula is C19H22O5. The van der Waals surface area contributed by atoms with E-state index in [1.54, 1.807) is 6.07 Å². The zero-order valence-electron chi connectivity index (χ0n) is 13.3. The summed E-state index contributed by atoms with van der Waals surface area (Å²) >= 11 is 0. The zero-order valence-corrected chi connectivity index (χ0v) is 13.3. The summed E-state index contributed by atoms with van der Waals surface area (Å²) in [5.74, 6) is 0.660. The molecule has 0 amide bonds. The van der Waals surface area contributed by atoms with Gasteiger partial charge in [-0.1, -0.05) is 42.5 Å². The fourth-order valence-electron chi connectivity index (χ4n) is 2.87. The molecule has 0 saturated carbocycles. The average Bonchev–Trinajstić information content (AvgIpc) is 2.63. The Bertz CT molecular complexity index is 645. The Balaban J connectivity index is 1.72. The molecule has 0 bridgehead atoms. The van der Waals surface area contributed by atoms with Crippen LogP contribution in [0.25, 0.3) is 0 Å². The molecule has 0 radical (unpaired) electrons. The monoisotopic (exact) mass is 330 g/mol. The van der Waals surface area contributed by atoms with Gasteiger partial charge in [0.2, 0.25) is 0 Å². The van der Waals surface area contributed by atoms with Crippen LogP contribution in [0.5, 0.6) is 5.75 Å². The van der Waals surface area contributed by atoms with Crippen molar-refractivity contribution >= 4 is 0 Å². The number of hydrogen-bond acceptors (Lipinski definition) is 5. The minimum absolute atomic E-state index is 0.190. The third-order valence-corrected chi connectivity index (χ3v) is 4.19. The van der Waals surface area contributed by atoms with Crippen LogP contribution in [0.3, 0.4) is 0 Å². The molecule has 3 unspecified atom stereocenters. The summed E-state index contributed by atoms with van der Waals surface area (Å²) in [5.41, 5.74) is 1.78. The van der Waals surface area contributed by atoms with Crippen molar-refractivity contribution in [3.05, 3.63) is 65.7 Å². The van der Waals surface area contributed by atoms with E-state index in [4.69, 9.17) is 9.47 Å². The molecule has 0 aromatic heterocycles. The van der Waals surface area contributed by atoms with Gasteiger partial charge in [0.25, 0.3) is 0 Å². The van der Waals surface area contributed by atoms with Crippen LogP contribution in [0.2, 0.25) is 0 Å². The standard InChI is InChI=1S/C19H22O5/c20-11-16-10-17(21)18(22)19(24-16)14-7-4-8-15(9-14)23-12-13-5-2-1-3-6-13/h1-9,16-22H,10-12H2/t16?,17?,18?,19-/m1/s1. The fourth-order valence-corrected chi connectivity index (χ4v) is 2.87. The first-order chi connectivity index (χ1) is 11.7. The Kier molecular flexibility index (Phi) is 5.48. The highest BCUT2D eigenvalue weighted by molar-refractivity contribution is 5.31. The number of aliphatic hydroxyl groups is 3. The minimum atomic E-state index is -1.03. The van der Waals surface area contributed by atoms with E-state index < -0.39 is 24.4 Å². The normalized spacial score (nSPS) is 27.0. The summed E-state index contributed by atoms with van der Waals surface area (Å²) in [6.07, 6.45) is -2.90. The Labute approximate surface area is 141 Å². The third-order valence-electron chi connectivity index (χ3n) is 4.19. The van der Waals surface area contributed by atoms with Crippen LogP contribution >= 0.6 is 0 Å². The maximum Gasteiger partial charge on any atom is 0.120 e. The molecule has 24 heavy (non-hydrogen) atoms. The van der Waals surface area contributed by atoms with E-state index in [0.717, 1.165) is 5.56 Å². The molecule has 1 aliphatic heterocycles. The van der Waals surface area contributed by atoms with Crippen LogP contribution in [0.4, 0.5) is 0 Å². The van der Waals surface area contributed by atoms with E-state index in [1.807, 2.05) is 48.5 Å². The highest BCUT2D eigenvalue weighted by Crippen LogP contribution is 2.33. The second kappa shape index (κ2) is 7.77.